The third-order valence-electron chi connectivity index (χ3n) is 24.9. The molecule has 21 rings (SSSR count). The highest BCUT2D eigenvalue weighted by atomic mass is 79.9. The molecule has 7 fully saturated rings. The smallest absolute Gasteiger partial charge is 0.483 e. The van der Waals surface area contributed by atoms with Gasteiger partial charge >= 0.3 is 7.12 Å². The second-order valence-corrected chi connectivity index (χ2v) is 41.0. The van der Waals surface area contributed by atoms with Gasteiger partial charge in [-0.3, -0.25) is 24.6 Å². The van der Waals surface area contributed by atoms with E-state index in [-0.39, 0.29) is 66.6 Å². The Morgan fingerprint density at radius 1 is 0.426 bits per heavy atom. The molecule has 37 heteroatoms. The second kappa shape index (κ2) is 51.5. The molecule has 6 N–H and O–H groups in total. The molecule has 0 unspecified atom stereocenters. The molecule has 9 aliphatic rings. The topological polar surface area (TPSA) is 379 Å². The average Bonchev–Trinajstić information content (AvgIpc) is 1.62. The number of carbonyl (C=O) groups excluding carboxylic acids is 4. The van der Waals surface area contributed by atoms with Crippen molar-refractivity contribution in [3.63, 3.8) is 0 Å². The molecule has 5 aliphatic carbocycles. The van der Waals surface area contributed by atoms with Gasteiger partial charge in [-0.2, -0.15) is 0 Å². The Kier molecular flexibility index (Phi) is 39.4. The van der Waals surface area contributed by atoms with Crippen LogP contribution in [0.1, 0.15) is 204 Å². The first-order valence-corrected chi connectivity index (χ1v) is 51.8. The predicted molar refractivity (Wildman–Crippen MR) is 540 cm³/mol. The number of ketones is 1. The maximum Gasteiger partial charge on any atom is 0.490 e. The number of nitrogens with one attached hydrogen (secondary N) is 2. The molecule has 0 radical (unpaired) electrons. The van der Waals surface area contributed by atoms with Crippen molar-refractivity contribution < 1.29 is 71.9 Å². The number of benzene rings is 7. The number of rotatable bonds is 14. The van der Waals surface area contributed by atoms with E-state index < -0.39 is 0 Å². The fraction of sp³-hybridized carbons (Fsp3) is 0.384. The van der Waals surface area contributed by atoms with Crippen LogP contribution in [0.2, 0.25) is 0 Å². The fourth-order valence-electron chi connectivity index (χ4n) is 16.6. The Hall–Kier alpha value is -9.33. The van der Waals surface area contributed by atoms with Gasteiger partial charge in [0, 0.05) is 104 Å². The van der Waals surface area contributed by atoms with E-state index in [1.54, 1.807) is 133 Å². The van der Waals surface area contributed by atoms with Crippen LogP contribution in [0.4, 0.5) is 0 Å². The maximum absolute atomic E-state index is 11.2. The number of aliphatic hydroxyl groups excluding tert-OH is 1. The van der Waals surface area contributed by atoms with Gasteiger partial charge in [0.05, 0.1) is 63.5 Å². The lowest BCUT2D eigenvalue weighted by Gasteiger charge is -2.35. The molecule has 9 heterocycles. The number of amides is 2. The van der Waals surface area contributed by atoms with Crippen LogP contribution in [-0.2, 0) is 52.1 Å². The summed E-state index contributed by atoms with van der Waals surface area (Å²) < 4.78 is 49.6. The SMILES string of the molecule is Brc1ccc(-c2nncs2)cc1.C1=C(c2ccc(-c3nncs3)cc2)CCC2(C1)OCCO2.CC1(C)OB(C2=CCC3(CC2)OCCO3)OC1(C)C.NNC(=O)c1ccc(Br)cc1.O=C1CCC(c2ccc(-c3nncs3)cc2)CC1.O=CCNC(=O)c1ccc(Br)cc1.O=CO.OC1CCC(c2ccc(-c3nncs3)cc2)CC1.c1nnc(-c2ccc(C3CCC4(CC3)OCCO4)cc2)s1. The van der Waals surface area contributed by atoms with E-state index in [1.807, 2.05) is 29.7 Å². The van der Waals surface area contributed by atoms with Gasteiger partial charge in [-0.05, 0) is 204 Å². The van der Waals surface area contributed by atoms with Crippen LogP contribution < -0.4 is 16.6 Å². The Labute approximate surface area is 836 Å². The number of nitrogen functional groups attached to an aromatic ring is 1. The molecular formula is C99H109BBr3N13O15S5. The van der Waals surface area contributed by atoms with Crippen molar-refractivity contribution in [3.8, 4) is 52.9 Å². The minimum absolute atomic E-state index is 0.0505. The van der Waals surface area contributed by atoms with Crippen molar-refractivity contribution in [3.05, 3.63) is 262 Å². The summed E-state index contributed by atoms with van der Waals surface area (Å²) >= 11 is 17.7. The molecule has 7 aromatic carbocycles. The van der Waals surface area contributed by atoms with Crippen LogP contribution in [0.3, 0.4) is 0 Å². The molecule has 3 saturated carbocycles. The molecule has 4 aliphatic heterocycles. The van der Waals surface area contributed by atoms with Gasteiger partial charge in [0.15, 0.2) is 17.4 Å². The molecule has 3 spiro atoms. The first kappa shape index (κ1) is 104. The lowest BCUT2D eigenvalue weighted by molar-refractivity contribution is -0.178. The number of halogens is 3. The van der Waals surface area contributed by atoms with Gasteiger partial charge in [0.1, 0.15) is 64.7 Å². The highest BCUT2D eigenvalue weighted by molar-refractivity contribution is 9.11. The van der Waals surface area contributed by atoms with Crippen LogP contribution in [0, 0.1) is 0 Å². The number of carboxylic acid groups (broad SMARTS) is 1. The Morgan fingerprint density at radius 2 is 0.750 bits per heavy atom. The van der Waals surface area contributed by atoms with Gasteiger partial charge in [-0.1, -0.05) is 226 Å². The van der Waals surface area contributed by atoms with Crippen molar-refractivity contribution in [2.45, 2.75) is 196 Å². The summed E-state index contributed by atoms with van der Waals surface area (Å²) in [7, 11) is -0.219. The van der Waals surface area contributed by atoms with E-state index in [0.29, 0.717) is 54.2 Å². The summed E-state index contributed by atoms with van der Waals surface area (Å²) in [6.07, 6.45) is 22.2. The quantitative estimate of drug-likeness (QED) is 0.0222. The monoisotopic (exact) mass is 2130 g/mol. The first-order valence-electron chi connectivity index (χ1n) is 45.0. The molecule has 2 amide bonds. The predicted octanol–water partition coefficient (Wildman–Crippen LogP) is 21.3. The average molecular weight is 2130 g/mol. The van der Waals surface area contributed by atoms with Crippen LogP contribution >= 0.6 is 104 Å². The summed E-state index contributed by atoms with van der Waals surface area (Å²) in [6, 6.07) is 56.4. The van der Waals surface area contributed by atoms with E-state index in [9.17, 15) is 24.3 Å². The van der Waals surface area contributed by atoms with Crippen LogP contribution in [0.25, 0.3) is 58.4 Å². The van der Waals surface area contributed by atoms with E-state index in [0.717, 1.165) is 208 Å². The second-order valence-electron chi connectivity index (χ2n) is 34.1. The zero-order chi connectivity index (χ0) is 95.8. The normalized spacial score (nSPS) is 19.1. The summed E-state index contributed by atoms with van der Waals surface area (Å²) in [6.45, 7) is 12.5. The lowest BCUT2D eigenvalue weighted by atomic mass is 9.71. The number of carbonyl (C=O) groups is 5. The Balaban J connectivity index is 0.000000132. The number of aromatic nitrogens is 10. The van der Waals surface area contributed by atoms with Crippen molar-refractivity contribution in [2.24, 2.45) is 5.84 Å². The van der Waals surface area contributed by atoms with E-state index in [2.05, 4.69) is 241 Å². The van der Waals surface area contributed by atoms with Crippen molar-refractivity contribution in [2.75, 3.05) is 46.2 Å². The third-order valence-corrected chi connectivity index (χ3v) is 30.1. The van der Waals surface area contributed by atoms with Gasteiger partial charge in [0.2, 0.25) is 0 Å². The van der Waals surface area contributed by atoms with E-state index in [4.69, 9.17) is 53.5 Å². The molecule has 12 aromatic rings. The minimum Gasteiger partial charge on any atom is -0.483 e. The minimum atomic E-state index is -0.368. The van der Waals surface area contributed by atoms with Crippen molar-refractivity contribution >= 4 is 148 Å². The molecule has 136 heavy (non-hydrogen) atoms. The van der Waals surface area contributed by atoms with Crippen molar-refractivity contribution in [1.82, 2.24) is 61.7 Å². The van der Waals surface area contributed by atoms with Crippen LogP contribution in [0.15, 0.2) is 228 Å². The molecule has 28 nitrogen and oxygen atoms in total. The molecular weight excluding hydrogens is 2020 g/mol. The van der Waals surface area contributed by atoms with E-state index >= 15 is 0 Å². The highest BCUT2D eigenvalue weighted by Gasteiger charge is 2.53. The van der Waals surface area contributed by atoms with Gasteiger partial charge in [-0.25, -0.2) is 5.84 Å². The number of hydrazine groups is 1. The first-order chi connectivity index (χ1) is 65.9. The van der Waals surface area contributed by atoms with Crippen molar-refractivity contribution in [1.29, 1.82) is 0 Å². The van der Waals surface area contributed by atoms with Gasteiger partial charge < -0.3 is 58.1 Å². The standard InChI is InChI=1S/C16H18N2O2S.C16H16N2O2S.C14H23BO4.C14H16N2OS.C14H14N2OS.C9H8BrNO2.C8H5BrN2S.C7H7BrN2O.CH2O2/c2*1-3-14(15-18-17-11-21-15)4-2-12(1)13-5-7-16(8-6-13)19-9-10-20-16;1-12(2)13(3,4)19-15(18-12)11-5-7-14(8-6-11)16-9-10-17-14;2*17-13-7-5-11(6-8-13)10-1-3-12(4-2-10)14-16-15-9-18-14;10-8-3-1-7(2-4-8)9(13)11-5-6-12;9-7-3-1-6(2-4-7)8-11-10-5-12-8;8-6-3-1-5(2-4-6)7(11)10-9;2-1-3/h1-4,11,13H,5-10H2;1-5,11H,6-10H2;5H,6-10H2,1-4H3;1-4,9,11,13,17H,5-8H2;1-4,9,11H,5-8H2;1-4,6H,5H2,(H,11,13);1-5H;1-4H,9H2,(H,10,11);1H,(H,2,3). The number of nitrogens with zero attached hydrogens (tertiary/aromatic N) is 10. The number of allylic oxidation sites excluding steroid dienone is 2. The summed E-state index contributed by atoms with van der Waals surface area (Å²) in [4.78, 5) is 51.7. The fourth-order valence-corrected chi connectivity index (χ4v) is 20.2. The van der Waals surface area contributed by atoms with Gasteiger partial charge in [0.25, 0.3) is 18.3 Å². The lowest BCUT2D eigenvalue weighted by Crippen LogP contribution is -2.41. The van der Waals surface area contributed by atoms with E-state index in [1.165, 1.54) is 33.3 Å². The molecule has 4 saturated heterocycles. The Bertz CT molecular complexity index is 5690. The zero-order valence-corrected chi connectivity index (χ0v) is 84.7. The number of ether oxygens (including phenoxy) is 6. The van der Waals surface area contributed by atoms with Gasteiger partial charge in [-0.15, -0.1) is 51.0 Å². The molecule has 714 valence electrons. The molecule has 5 aromatic heterocycles. The maximum atomic E-state index is 11.2. The number of hydrogen-bond donors (Lipinski definition) is 5. The number of hydrogen-bond acceptors (Lipinski definition) is 30. The number of Topliss-reactive ketones (excluding diaryl/α,β-unsaturated/α-hetero) is 1. The summed E-state index contributed by atoms with van der Waals surface area (Å²) in [5, 5.41) is 63.3. The number of aldehydes is 1. The Morgan fingerprint density at radius 3 is 1.09 bits per heavy atom. The molecule has 0 atom stereocenters. The highest BCUT2D eigenvalue weighted by Crippen LogP contribution is 2.46. The third kappa shape index (κ3) is 30.1. The summed E-state index contributed by atoms with van der Waals surface area (Å²) in [5.74, 6) is 5.63. The largest absolute Gasteiger partial charge is 0.490 e. The summed E-state index contributed by atoms with van der Waals surface area (Å²) in [5.41, 5.74) is 25.0. The van der Waals surface area contributed by atoms with Crippen LogP contribution in [0.5, 0.6) is 0 Å². The number of nitrogens with two attached hydrogens (primary N) is 1. The van der Waals surface area contributed by atoms with Crippen LogP contribution in [-0.4, -0.2) is 180 Å². The number of aliphatic hydroxyl groups is 1. The zero-order valence-electron chi connectivity index (χ0n) is 75.9. The molecule has 0 bridgehead atoms.